The van der Waals surface area contributed by atoms with Crippen LogP contribution in [0.3, 0.4) is 0 Å². The molecule has 1 fully saturated rings. The van der Waals surface area contributed by atoms with E-state index in [4.69, 9.17) is 4.74 Å². The summed E-state index contributed by atoms with van der Waals surface area (Å²) in [5.74, 6) is 0.184. The number of nitrogens with zero attached hydrogens (tertiary/aromatic N) is 3. The zero-order valence-electron chi connectivity index (χ0n) is 12.6. The fourth-order valence-corrected chi connectivity index (χ4v) is 3.33. The van der Waals surface area contributed by atoms with Gasteiger partial charge in [-0.2, -0.15) is 0 Å². The first kappa shape index (κ1) is 15.1. The third kappa shape index (κ3) is 3.51. The van der Waals surface area contributed by atoms with Crippen LogP contribution in [0.15, 0.2) is 29.8 Å². The Morgan fingerprint density at radius 3 is 3.18 bits per heavy atom. The first-order valence-electron chi connectivity index (χ1n) is 7.47. The Labute approximate surface area is 134 Å². The van der Waals surface area contributed by atoms with Crippen LogP contribution in [0.1, 0.15) is 19.0 Å². The van der Waals surface area contributed by atoms with Gasteiger partial charge in [0.25, 0.3) is 0 Å². The van der Waals surface area contributed by atoms with Gasteiger partial charge in [0.1, 0.15) is 5.01 Å². The molecule has 3 rings (SSSR count). The lowest BCUT2D eigenvalue weighted by atomic mass is 10.2. The Kier molecular flexibility index (Phi) is 4.80. The van der Waals surface area contributed by atoms with Crippen molar-refractivity contribution in [2.45, 2.75) is 25.8 Å². The highest BCUT2D eigenvalue weighted by atomic mass is 32.1. The SMILES string of the molecule is CC1COCCN1C(=O)CCc1csc(-c2ccccn2)n1. The van der Waals surface area contributed by atoms with Gasteiger partial charge in [-0.1, -0.05) is 6.07 Å². The van der Waals surface area contributed by atoms with Crippen LogP contribution in [0.2, 0.25) is 0 Å². The summed E-state index contributed by atoms with van der Waals surface area (Å²) in [5, 5.41) is 2.92. The number of ether oxygens (including phenoxy) is 1. The van der Waals surface area contributed by atoms with E-state index in [0.29, 0.717) is 32.6 Å². The van der Waals surface area contributed by atoms with Crippen molar-refractivity contribution in [3.8, 4) is 10.7 Å². The van der Waals surface area contributed by atoms with Gasteiger partial charge in [0.2, 0.25) is 5.91 Å². The Morgan fingerprint density at radius 1 is 1.50 bits per heavy atom. The molecule has 0 aromatic carbocycles. The topological polar surface area (TPSA) is 55.3 Å². The third-order valence-electron chi connectivity index (χ3n) is 3.72. The van der Waals surface area contributed by atoms with Crippen molar-refractivity contribution >= 4 is 17.2 Å². The molecule has 22 heavy (non-hydrogen) atoms. The molecule has 1 unspecified atom stereocenters. The van der Waals surface area contributed by atoms with Crippen molar-refractivity contribution in [3.05, 3.63) is 35.5 Å². The molecule has 1 aliphatic rings. The average Bonchev–Trinajstić information content (AvgIpc) is 3.03. The normalized spacial score (nSPS) is 18.4. The zero-order chi connectivity index (χ0) is 15.4. The van der Waals surface area contributed by atoms with Crippen LogP contribution in [-0.2, 0) is 16.0 Å². The molecule has 0 N–H and O–H groups in total. The van der Waals surface area contributed by atoms with Crippen molar-refractivity contribution in [1.82, 2.24) is 14.9 Å². The maximum Gasteiger partial charge on any atom is 0.223 e. The van der Waals surface area contributed by atoms with Gasteiger partial charge in [-0.05, 0) is 25.5 Å². The van der Waals surface area contributed by atoms with E-state index in [-0.39, 0.29) is 11.9 Å². The maximum atomic E-state index is 12.3. The molecule has 1 atom stereocenters. The average molecular weight is 317 g/mol. The van der Waals surface area contributed by atoms with Crippen LogP contribution < -0.4 is 0 Å². The summed E-state index contributed by atoms with van der Waals surface area (Å²) in [5.41, 5.74) is 1.84. The van der Waals surface area contributed by atoms with Gasteiger partial charge in [0.05, 0.1) is 30.6 Å². The Balaban J connectivity index is 1.58. The molecule has 0 spiro atoms. The minimum absolute atomic E-state index is 0.167. The molecule has 0 saturated carbocycles. The van der Waals surface area contributed by atoms with E-state index < -0.39 is 0 Å². The standard InChI is InChI=1S/C16H19N3O2S/c1-12-10-21-9-8-19(12)15(20)6-5-13-11-22-16(18-13)14-4-2-3-7-17-14/h2-4,7,11-12H,5-6,8-10H2,1H3. The summed E-state index contributed by atoms with van der Waals surface area (Å²) in [7, 11) is 0. The van der Waals surface area contributed by atoms with Gasteiger partial charge < -0.3 is 9.64 Å². The Bertz CT molecular complexity index is 629. The first-order chi connectivity index (χ1) is 10.7. The van der Waals surface area contributed by atoms with Crippen molar-refractivity contribution in [1.29, 1.82) is 0 Å². The van der Waals surface area contributed by atoms with E-state index in [1.807, 2.05) is 35.4 Å². The van der Waals surface area contributed by atoms with Gasteiger partial charge in [0, 0.05) is 24.5 Å². The number of pyridine rings is 1. The molecule has 6 heteroatoms. The van der Waals surface area contributed by atoms with Crippen molar-refractivity contribution in [2.75, 3.05) is 19.8 Å². The van der Waals surface area contributed by atoms with Crippen LogP contribution in [0, 0.1) is 0 Å². The smallest absolute Gasteiger partial charge is 0.223 e. The van der Waals surface area contributed by atoms with Crippen LogP contribution >= 0.6 is 11.3 Å². The number of thiazole rings is 1. The van der Waals surface area contributed by atoms with E-state index in [0.717, 1.165) is 16.4 Å². The predicted molar refractivity (Wildman–Crippen MR) is 85.7 cm³/mol. The number of morpholine rings is 1. The largest absolute Gasteiger partial charge is 0.377 e. The molecule has 1 amide bonds. The summed E-state index contributed by atoms with van der Waals surface area (Å²) >= 11 is 1.57. The molecule has 0 bridgehead atoms. The number of hydrogen-bond donors (Lipinski definition) is 0. The van der Waals surface area contributed by atoms with Gasteiger partial charge in [-0.3, -0.25) is 9.78 Å². The third-order valence-corrected chi connectivity index (χ3v) is 4.63. The number of aromatic nitrogens is 2. The van der Waals surface area contributed by atoms with Crippen molar-refractivity contribution < 1.29 is 9.53 Å². The number of rotatable bonds is 4. The molecule has 3 heterocycles. The second-order valence-electron chi connectivity index (χ2n) is 5.37. The van der Waals surface area contributed by atoms with E-state index in [9.17, 15) is 4.79 Å². The van der Waals surface area contributed by atoms with E-state index in [1.165, 1.54) is 0 Å². The van der Waals surface area contributed by atoms with Crippen molar-refractivity contribution in [3.63, 3.8) is 0 Å². The molecule has 1 aliphatic heterocycles. The second kappa shape index (κ2) is 6.98. The van der Waals surface area contributed by atoms with Crippen LogP contribution in [-0.4, -0.2) is 46.6 Å². The minimum atomic E-state index is 0.167. The molecule has 116 valence electrons. The highest BCUT2D eigenvalue weighted by Crippen LogP contribution is 2.22. The first-order valence-corrected chi connectivity index (χ1v) is 8.35. The number of aryl methyl sites for hydroxylation is 1. The summed E-state index contributed by atoms with van der Waals surface area (Å²) in [6, 6.07) is 5.96. The molecule has 5 nitrogen and oxygen atoms in total. The molecule has 2 aromatic heterocycles. The van der Waals surface area contributed by atoms with E-state index in [1.54, 1.807) is 17.5 Å². The van der Waals surface area contributed by atoms with Gasteiger partial charge >= 0.3 is 0 Å². The van der Waals surface area contributed by atoms with Gasteiger partial charge in [-0.25, -0.2) is 4.98 Å². The highest BCUT2D eigenvalue weighted by molar-refractivity contribution is 7.13. The molecular formula is C16H19N3O2S. The molecular weight excluding hydrogens is 298 g/mol. The molecule has 0 radical (unpaired) electrons. The number of hydrogen-bond acceptors (Lipinski definition) is 5. The molecule has 0 aliphatic carbocycles. The summed E-state index contributed by atoms with van der Waals surface area (Å²) in [6.45, 7) is 3.98. The maximum absolute atomic E-state index is 12.3. The fraction of sp³-hybridized carbons (Fsp3) is 0.438. The fourth-order valence-electron chi connectivity index (χ4n) is 2.50. The van der Waals surface area contributed by atoms with Gasteiger partial charge in [-0.15, -0.1) is 11.3 Å². The number of amides is 1. The summed E-state index contributed by atoms with van der Waals surface area (Å²) in [4.78, 5) is 23.1. The van der Waals surface area contributed by atoms with Crippen molar-refractivity contribution in [2.24, 2.45) is 0 Å². The van der Waals surface area contributed by atoms with E-state index in [2.05, 4.69) is 9.97 Å². The molecule has 2 aromatic rings. The van der Waals surface area contributed by atoms with Crippen LogP contribution in [0.25, 0.3) is 10.7 Å². The predicted octanol–water partition coefficient (Wildman–Crippen LogP) is 2.38. The quantitative estimate of drug-likeness (QED) is 0.869. The monoisotopic (exact) mass is 317 g/mol. The Hall–Kier alpha value is -1.79. The lowest BCUT2D eigenvalue weighted by molar-refractivity contribution is -0.139. The lowest BCUT2D eigenvalue weighted by Gasteiger charge is -2.33. The van der Waals surface area contributed by atoms with E-state index >= 15 is 0 Å². The summed E-state index contributed by atoms with van der Waals surface area (Å²) < 4.78 is 5.37. The number of carbonyl (C=O) groups is 1. The number of carbonyl (C=O) groups excluding carboxylic acids is 1. The lowest BCUT2D eigenvalue weighted by Crippen LogP contribution is -2.47. The Morgan fingerprint density at radius 2 is 2.41 bits per heavy atom. The minimum Gasteiger partial charge on any atom is -0.377 e. The van der Waals surface area contributed by atoms with Crippen LogP contribution in [0.4, 0.5) is 0 Å². The summed E-state index contributed by atoms with van der Waals surface area (Å²) in [6.07, 6.45) is 2.93. The van der Waals surface area contributed by atoms with Gasteiger partial charge in [0.15, 0.2) is 0 Å². The highest BCUT2D eigenvalue weighted by Gasteiger charge is 2.23. The molecule has 1 saturated heterocycles. The zero-order valence-corrected chi connectivity index (χ0v) is 13.4. The van der Waals surface area contributed by atoms with Crippen LogP contribution in [0.5, 0.6) is 0 Å². The second-order valence-corrected chi connectivity index (χ2v) is 6.23.